The van der Waals surface area contributed by atoms with Crippen molar-refractivity contribution in [3.8, 4) is 17.2 Å². The SMILES string of the molecule is COc1ccc(OC2OC(COC3OCC(O)C(O)C3O)C(O)C(O)C2O)cc1OC. The lowest BCUT2D eigenvalue weighted by atomic mass is 9.99. The molecule has 2 heterocycles. The fourth-order valence-electron chi connectivity index (χ4n) is 3.29. The molecular formula is C19H28O12. The molecule has 2 saturated heterocycles. The molecule has 176 valence electrons. The molecule has 3 rings (SSSR count). The van der Waals surface area contributed by atoms with Crippen molar-refractivity contribution >= 4 is 0 Å². The minimum atomic E-state index is -1.61. The van der Waals surface area contributed by atoms with Crippen LogP contribution >= 0.6 is 0 Å². The van der Waals surface area contributed by atoms with Gasteiger partial charge in [0.2, 0.25) is 6.29 Å². The van der Waals surface area contributed by atoms with E-state index in [1.165, 1.54) is 20.3 Å². The van der Waals surface area contributed by atoms with E-state index in [1.54, 1.807) is 12.1 Å². The summed E-state index contributed by atoms with van der Waals surface area (Å²) in [5.74, 6) is 1.07. The molecule has 9 atom stereocenters. The molecule has 0 spiro atoms. The Bertz CT molecular complexity index is 717. The van der Waals surface area contributed by atoms with Crippen molar-refractivity contribution in [1.82, 2.24) is 0 Å². The zero-order chi connectivity index (χ0) is 22.7. The molecule has 12 nitrogen and oxygen atoms in total. The Morgan fingerprint density at radius 2 is 1.52 bits per heavy atom. The maximum atomic E-state index is 10.3. The fourth-order valence-corrected chi connectivity index (χ4v) is 3.29. The second kappa shape index (κ2) is 10.3. The number of aliphatic hydroxyl groups is 6. The van der Waals surface area contributed by atoms with Gasteiger partial charge in [-0.15, -0.1) is 0 Å². The highest BCUT2D eigenvalue weighted by molar-refractivity contribution is 5.45. The van der Waals surface area contributed by atoms with Crippen LogP contribution in [-0.4, -0.2) is 113 Å². The highest BCUT2D eigenvalue weighted by Gasteiger charge is 2.46. The lowest BCUT2D eigenvalue weighted by Gasteiger charge is -2.41. The van der Waals surface area contributed by atoms with Crippen molar-refractivity contribution < 1.29 is 59.1 Å². The summed E-state index contributed by atoms with van der Waals surface area (Å²) in [5, 5.41) is 59.8. The van der Waals surface area contributed by atoms with Gasteiger partial charge in [0, 0.05) is 6.07 Å². The molecule has 0 aliphatic carbocycles. The van der Waals surface area contributed by atoms with E-state index < -0.39 is 55.3 Å². The van der Waals surface area contributed by atoms with Crippen LogP contribution in [0, 0.1) is 0 Å². The van der Waals surface area contributed by atoms with E-state index in [-0.39, 0.29) is 19.0 Å². The van der Waals surface area contributed by atoms with Crippen molar-refractivity contribution in [3.05, 3.63) is 18.2 Å². The van der Waals surface area contributed by atoms with E-state index in [0.717, 1.165) is 0 Å². The van der Waals surface area contributed by atoms with Crippen LogP contribution in [0.4, 0.5) is 0 Å². The van der Waals surface area contributed by atoms with Gasteiger partial charge >= 0.3 is 0 Å². The average Bonchev–Trinajstić information content (AvgIpc) is 2.78. The van der Waals surface area contributed by atoms with Crippen molar-refractivity contribution in [3.63, 3.8) is 0 Å². The predicted molar refractivity (Wildman–Crippen MR) is 101 cm³/mol. The molecular weight excluding hydrogens is 420 g/mol. The van der Waals surface area contributed by atoms with Crippen LogP contribution in [0.3, 0.4) is 0 Å². The summed E-state index contributed by atoms with van der Waals surface area (Å²) in [6.45, 7) is -0.634. The highest BCUT2D eigenvalue weighted by Crippen LogP contribution is 2.33. The molecule has 1 aromatic rings. The fraction of sp³-hybridized carbons (Fsp3) is 0.684. The average molecular weight is 448 g/mol. The van der Waals surface area contributed by atoms with Gasteiger partial charge < -0.3 is 59.1 Å². The Kier molecular flexibility index (Phi) is 7.91. The number of hydrogen-bond donors (Lipinski definition) is 6. The van der Waals surface area contributed by atoms with E-state index in [1.807, 2.05) is 0 Å². The van der Waals surface area contributed by atoms with Gasteiger partial charge in [-0.3, -0.25) is 0 Å². The smallest absolute Gasteiger partial charge is 0.229 e. The van der Waals surface area contributed by atoms with E-state index in [0.29, 0.717) is 11.5 Å². The van der Waals surface area contributed by atoms with Gasteiger partial charge in [0.1, 0.15) is 48.5 Å². The lowest BCUT2D eigenvalue weighted by Crippen LogP contribution is -2.61. The number of ether oxygens (including phenoxy) is 6. The van der Waals surface area contributed by atoms with Crippen LogP contribution in [0.15, 0.2) is 18.2 Å². The third-order valence-corrected chi connectivity index (χ3v) is 5.15. The second-order valence-electron chi connectivity index (χ2n) is 7.23. The number of methoxy groups -OCH3 is 2. The monoisotopic (exact) mass is 448 g/mol. The van der Waals surface area contributed by atoms with Gasteiger partial charge in [-0.2, -0.15) is 0 Å². The first-order chi connectivity index (χ1) is 14.8. The van der Waals surface area contributed by atoms with Crippen LogP contribution < -0.4 is 14.2 Å². The van der Waals surface area contributed by atoms with Gasteiger partial charge in [0.25, 0.3) is 0 Å². The van der Waals surface area contributed by atoms with Crippen LogP contribution in [0.25, 0.3) is 0 Å². The van der Waals surface area contributed by atoms with Gasteiger partial charge in [0.15, 0.2) is 17.8 Å². The highest BCUT2D eigenvalue weighted by atomic mass is 16.7. The summed E-state index contributed by atoms with van der Waals surface area (Å²) < 4.78 is 32.0. The topological polar surface area (TPSA) is 177 Å². The molecule has 0 aromatic heterocycles. The first kappa shape index (κ1) is 23.9. The Morgan fingerprint density at radius 3 is 2.19 bits per heavy atom. The zero-order valence-electron chi connectivity index (χ0n) is 17.0. The summed E-state index contributed by atoms with van der Waals surface area (Å²) in [6.07, 6.45) is -12.8. The summed E-state index contributed by atoms with van der Waals surface area (Å²) in [4.78, 5) is 0. The van der Waals surface area contributed by atoms with E-state index >= 15 is 0 Å². The van der Waals surface area contributed by atoms with Gasteiger partial charge in [-0.1, -0.05) is 0 Å². The first-order valence-corrected chi connectivity index (χ1v) is 9.62. The third-order valence-electron chi connectivity index (χ3n) is 5.15. The molecule has 0 bridgehead atoms. The van der Waals surface area contributed by atoms with Gasteiger partial charge in [-0.05, 0) is 12.1 Å². The Morgan fingerprint density at radius 1 is 0.839 bits per heavy atom. The number of aliphatic hydroxyl groups excluding tert-OH is 6. The molecule has 31 heavy (non-hydrogen) atoms. The van der Waals surface area contributed by atoms with E-state index in [9.17, 15) is 30.6 Å². The normalized spacial score (nSPS) is 38.5. The summed E-state index contributed by atoms with van der Waals surface area (Å²) in [6, 6.07) is 4.62. The zero-order valence-corrected chi connectivity index (χ0v) is 17.0. The van der Waals surface area contributed by atoms with Crippen molar-refractivity contribution in [2.24, 2.45) is 0 Å². The molecule has 0 radical (unpaired) electrons. The Hall–Kier alpha value is -1.74. The number of benzene rings is 1. The molecule has 12 heteroatoms. The Balaban J connectivity index is 1.65. The summed E-state index contributed by atoms with van der Waals surface area (Å²) in [7, 11) is 2.92. The molecule has 2 fully saturated rings. The van der Waals surface area contributed by atoms with Crippen LogP contribution in [-0.2, 0) is 14.2 Å². The van der Waals surface area contributed by atoms with Crippen molar-refractivity contribution in [2.75, 3.05) is 27.4 Å². The van der Waals surface area contributed by atoms with Crippen LogP contribution in [0.1, 0.15) is 0 Å². The van der Waals surface area contributed by atoms with Crippen LogP contribution in [0.2, 0.25) is 0 Å². The molecule has 0 amide bonds. The maximum Gasteiger partial charge on any atom is 0.229 e. The van der Waals surface area contributed by atoms with Crippen LogP contribution in [0.5, 0.6) is 17.2 Å². The summed E-state index contributed by atoms with van der Waals surface area (Å²) in [5.41, 5.74) is 0. The molecule has 9 unspecified atom stereocenters. The van der Waals surface area contributed by atoms with Crippen molar-refractivity contribution in [2.45, 2.75) is 55.3 Å². The second-order valence-corrected chi connectivity index (χ2v) is 7.23. The van der Waals surface area contributed by atoms with Crippen molar-refractivity contribution in [1.29, 1.82) is 0 Å². The standard InChI is InChI=1S/C19H28O12/c1-26-10-4-3-8(5-11(10)27-2)30-19-17(25)15(23)14(22)12(31-19)7-29-18-16(24)13(21)9(20)6-28-18/h3-5,9,12-25H,6-7H2,1-2H3. The molecule has 0 saturated carbocycles. The molecule has 2 aliphatic heterocycles. The van der Waals surface area contributed by atoms with Gasteiger partial charge in [-0.25, -0.2) is 0 Å². The number of rotatable bonds is 7. The Labute approximate surface area is 178 Å². The maximum absolute atomic E-state index is 10.3. The third kappa shape index (κ3) is 5.19. The number of hydrogen-bond acceptors (Lipinski definition) is 12. The van der Waals surface area contributed by atoms with E-state index in [4.69, 9.17) is 28.4 Å². The minimum Gasteiger partial charge on any atom is -0.493 e. The quantitative estimate of drug-likeness (QED) is 0.256. The van der Waals surface area contributed by atoms with Gasteiger partial charge in [0.05, 0.1) is 27.4 Å². The first-order valence-electron chi connectivity index (χ1n) is 9.62. The summed E-state index contributed by atoms with van der Waals surface area (Å²) >= 11 is 0. The van der Waals surface area contributed by atoms with E-state index in [2.05, 4.69) is 0 Å². The minimum absolute atomic E-state index is 0.244. The molecule has 2 aliphatic rings. The predicted octanol–water partition coefficient (Wildman–Crippen LogP) is -2.65. The molecule has 1 aromatic carbocycles. The lowest BCUT2D eigenvalue weighted by molar-refractivity contribution is -0.307. The molecule has 6 N–H and O–H groups in total. The largest absolute Gasteiger partial charge is 0.493 e.